The highest BCUT2D eigenvalue weighted by Crippen LogP contribution is 2.30. The number of carbonyl (C=O) groups excluding carboxylic acids is 1. The van der Waals surface area contributed by atoms with Gasteiger partial charge >= 0.3 is 0 Å². The van der Waals surface area contributed by atoms with Crippen molar-refractivity contribution in [3.05, 3.63) is 30.7 Å². The molecule has 2 aliphatic rings. The third kappa shape index (κ3) is 5.25. The lowest BCUT2D eigenvalue weighted by Gasteiger charge is -2.20. The maximum absolute atomic E-state index is 12.3. The van der Waals surface area contributed by atoms with Crippen LogP contribution in [-0.2, 0) is 11.3 Å². The highest BCUT2D eigenvalue weighted by atomic mass is 35.5. The molecule has 2 saturated carbocycles. The van der Waals surface area contributed by atoms with Crippen LogP contribution in [0.3, 0.4) is 0 Å². The SMILES string of the molecule is Cl.Cl.O=C(N[C@@H]1C[C@H](Cn2cc(-c3cccnc3)nn2)[C@@H](O)[C@H]1O)C1CCCC1. The van der Waals surface area contributed by atoms with Gasteiger partial charge in [0, 0.05) is 36.3 Å². The van der Waals surface area contributed by atoms with Crippen LogP contribution in [0.25, 0.3) is 11.3 Å². The summed E-state index contributed by atoms with van der Waals surface area (Å²) in [5.41, 5.74) is 1.58. The molecule has 4 atom stereocenters. The molecule has 0 unspecified atom stereocenters. The summed E-state index contributed by atoms with van der Waals surface area (Å²) >= 11 is 0. The van der Waals surface area contributed by atoms with Crippen LogP contribution in [0.1, 0.15) is 32.1 Å². The summed E-state index contributed by atoms with van der Waals surface area (Å²) in [6.45, 7) is 0.432. The predicted molar refractivity (Wildman–Crippen MR) is 112 cm³/mol. The highest BCUT2D eigenvalue weighted by molar-refractivity contribution is 5.85. The highest BCUT2D eigenvalue weighted by Gasteiger charge is 2.43. The molecule has 2 aromatic heterocycles. The number of aliphatic hydroxyl groups is 2. The van der Waals surface area contributed by atoms with Gasteiger partial charge in [-0.2, -0.15) is 0 Å². The minimum Gasteiger partial charge on any atom is -0.390 e. The third-order valence-electron chi connectivity index (χ3n) is 5.77. The molecule has 29 heavy (non-hydrogen) atoms. The zero-order valence-electron chi connectivity index (χ0n) is 15.9. The molecule has 10 heteroatoms. The number of hydrogen-bond acceptors (Lipinski definition) is 6. The molecule has 4 rings (SSSR count). The molecule has 0 spiro atoms. The van der Waals surface area contributed by atoms with Gasteiger partial charge in [0.15, 0.2) is 0 Å². The Labute approximate surface area is 181 Å². The van der Waals surface area contributed by atoms with Crippen LogP contribution in [0.5, 0.6) is 0 Å². The topological polar surface area (TPSA) is 113 Å². The van der Waals surface area contributed by atoms with Gasteiger partial charge < -0.3 is 15.5 Å². The first kappa shape index (κ1) is 23.5. The fourth-order valence-electron chi connectivity index (χ4n) is 4.21. The molecule has 160 valence electrons. The number of amides is 1. The van der Waals surface area contributed by atoms with Gasteiger partial charge in [-0.1, -0.05) is 18.1 Å². The number of nitrogens with one attached hydrogen (secondary N) is 1. The molecule has 8 nitrogen and oxygen atoms in total. The molecular formula is C19H27Cl2N5O3. The number of pyridine rings is 1. The molecule has 2 aromatic rings. The van der Waals surface area contributed by atoms with Crippen molar-refractivity contribution in [3.8, 4) is 11.3 Å². The van der Waals surface area contributed by atoms with Gasteiger partial charge in [-0.3, -0.25) is 14.5 Å². The van der Waals surface area contributed by atoms with E-state index < -0.39 is 18.2 Å². The number of nitrogens with zero attached hydrogens (tertiary/aromatic N) is 4. The van der Waals surface area contributed by atoms with Crippen molar-refractivity contribution < 1.29 is 15.0 Å². The number of carbonyl (C=O) groups is 1. The monoisotopic (exact) mass is 443 g/mol. The number of aromatic nitrogens is 4. The normalized spacial score (nSPS) is 26.6. The molecule has 0 aromatic carbocycles. The summed E-state index contributed by atoms with van der Waals surface area (Å²) in [6.07, 6.45) is 7.88. The van der Waals surface area contributed by atoms with Crippen molar-refractivity contribution in [3.63, 3.8) is 0 Å². The Balaban J connectivity index is 0.00000150. The maximum Gasteiger partial charge on any atom is 0.223 e. The summed E-state index contributed by atoms with van der Waals surface area (Å²) in [7, 11) is 0. The fourth-order valence-corrected chi connectivity index (χ4v) is 4.21. The summed E-state index contributed by atoms with van der Waals surface area (Å²) in [6, 6.07) is 3.33. The number of rotatable bonds is 5. The zero-order valence-corrected chi connectivity index (χ0v) is 17.6. The summed E-state index contributed by atoms with van der Waals surface area (Å²) in [4.78, 5) is 16.4. The average molecular weight is 444 g/mol. The second-order valence-corrected chi connectivity index (χ2v) is 7.64. The minimum atomic E-state index is -0.957. The number of halogens is 2. The lowest BCUT2D eigenvalue weighted by molar-refractivity contribution is -0.126. The van der Waals surface area contributed by atoms with E-state index in [0.29, 0.717) is 18.7 Å². The number of hydrogen-bond donors (Lipinski definition) is 3. The van der Waals surface area contributed by atoms with Crippen LogP contribution in [0, 0.1) is 11.8 Å². The quantitative estimate of drug-likeness (QED) is 0.646. The molecule has 0 saturated heterocycles. The zero-order chi connectivity index (χ0) is 18.8. The van der Waals surface area contributed by atoms with E-state index >= 15 is 0 Å². The minimum absolute atomic E-state index is 0. The molecule has 0 radical (unpaired) electrons. The van der Waals surface area contributed by atoms with Crippen LogP contribution in [0.4, 0.5) is 0 Å². The van der Waals surface area contributed by atoms with Crippen LogP contribution in [0.2, 0.25) is 0 Å². The summed E-state index contributed by atoms with van der Waals surface area (Å²) in [5, 5.41) is 32.0. The van der Waals surface area contributed by atoms with Crippen molar-refractivity contribution in [1.82, 2.24) is 25.3 Å². The molecule has 3 N–H and O–H groups in total. The van der Waals surface area contributed by atoms with Gasteiger partial charge in [0.05, 0.1) is 18.3 Å². The maximum atomic E-state index is 12.3. The molecule has 0 bridgehead atoms. The van der Waals surface area contributed by atoms with Gasteiger partial charge in [0.1, 0.15) is 11.8 Å². The Bertz CT molecular complexity index is 785. The Morgan fingerprint density at radius 3 is 2.66 bits per heavy atom. The van der Waals surface area contributed by atoms with Crippen LogP contribution < -0.4 is 5.32 Å². The Hall–Kier alpha value is -1.74. The fraction of sp³-hybridized carbons (Fsp3) is 0.579. The van der Waals surface area contributed by atoms with Crippen molar-refractivity contribution >= 4 is 30.7 Å². The largest absolute Gasteiger partial charge is 0.390 e. The van der Waals surface area contributed by atoms with Crippen LogP contribution in [0.15, 0.2) is 30.7 Å². The lowest BCUT2D eigenvalue weighted by atomic mass is 10.1. The predicted octanol–water partition coefficient (Wildman–Crippen LogP) is 1.60. The van der Waals surface area contributed by atoms with Gasteiger partial charge in [-0.15, -0.1) is 29.9 Å². The van der Waals surface area contributed by atoms with Crippen molar-refractivity contribution in [2.75, 3.05) is 0 Å². The van der Waals surface area contributed by atoms with Crippen molar-refractivity contribution in [2.45, 2.75) is 56.9 Å². The Morgan fingerprint density at radius 2 is 1.97 bits per heavy atom. The summed E-state index contributed by atoms with van der Waals surface area (Å²) in [5.74, 6) is -0.146. The van der Waals surface area contributed by atoms with E-state index in [0.717, 1.165) is 31.2 Å². The van der Waals surface area contributed by atoms with E-state index in [9.17, 15) is 15.0 Å². The van der Waals surface area contributed by atoms with Gasteiger partial charge in [0.25, 0.3) is 0 Å². The molecule has 2 fully saturated rings. The smallest absolute Gasteiger partial charge is 0.223 e. The average Bonchev–Trinajstić information content (AvgIpc) is 3.42. The Morgan fingerprint density at radius 1 is 1.21 bits per heavy atom. The van der Waals surface area contributed by atoms with Gasteiger partial charge in [0.2, 0.25) is 5.91 Å². The molecule has 2 aliphatic carbocycles. The summed E-state index contributed by atoms with van der Waals surface area (Å²) < 4.78 is 1.67. The van der Waals surface area contributed by atoms with Crippen molar-refractivity contribution in [1.29, 1.82) is 0 Å². The molecule has 1 amide bonds. The van der Waals surface area contributed by atoms with E-state index in [4.69, 9.17) is 0 Å². The lowest BCUT2D eigenvalue weighted by Crippen LogP contribution is -2.45. The van der Waals surface area contributed by atoms with Crippen molar-refractivity contribution in [2.24, 2.45) is 11.8 Å². The van der Waals surface area contributed by atoms with E-state index in [1.165, 1.54) is 0 Å². The second kappa shape index (κ2) is 10.3. The van der Waals surface area contributed by atoms with E-state index in [1.807, 2.05) is 12.1 Å². The first-order valence-corrected chi connectivity index (χ1v) is 9.59. The molecule has 2 heterocycles. The first-order valence-electron chi connectivity index (χ1n) is 9.59. The first-order chi connectivity index (χ1) is 13.1. The number of aliphatic hydroxyl groups excluding tert-OH is 2. The van der Waals surface area contributed by atoms with E-state index in [2.05, 4.69) is 20.6 Å². The van der Waals surface area contributed by atoms with Crippen LogP contribution >= 0.6 is 24.8 Å². The third-order valence-corrected chi connectivity index (χ3v) is 5.77. The van der Waals surface area contributed by atoms with Gasteiger partial charge in [-0.05, 0) is 31.4 Å². The van der Waals surface area contributed by atoms with Crippen LogP contribution in [-0.4, -0.2) is 54.3 Å². The standard InChI is InChI=1S/C19H25N5O3.2ClH/c25-17-14(8-15(18(17)26)21-19(27)12-4-1-2-5-12)10-24-11-16(22-23-24)13-6-3-7-20-9-13;;/h3,6-7,9,11-12,14-15,17-18,25-26H,1-2,4-5,8,10H2,(H,21,27);2*1H/t14-,15-,17-,18+;;/m1../s1. The van der Waals surface area contributed by atoms with E-state index in [1.54, 1.807) is 23.3 Å². The van der Waals surface area contributed by atoms with Gasteiger partial charge in [-0.25, -0.2) is 0 Å². The second-order valence-electron chi connectivity index (χ2n) is 7.64. The van der Waals surface area contributed by atoms with E-state index in [-0.39, 0.29) is 42.6 Å². The molecular weight excluding hydrogens is 417 g/mol. The Kier molecular flexibility index (Phi) is 8.39. The molecule has 0 aliphatic heterocycles.